The van der Waals surface area contributed by atoms with Gasteiger partial charge in [0.25, 0.3) is 0 Å². The van der Waals surface area contributed by atoms with Gasteiger partial charge in [-0.2, -0.15) is 0 Å². The van der Waals surface area contributed by atoms with Gasteiger partial charge in [-0.05, 0) is 46.5 Å². The zero-order chi connectivity index (χ0) is 13.9. The van der Waals surface area contributed by atoms with Crippen molar-refractivity contribution in [2.75, 3.05) is 0 Å². The van der Waals surface area contributed by atoms with Crippen molar-refractivity contribution < 1.29 is 19.7 Å². The molecule has 1 saturated carbocycles. The number of nitrogens with two attached hydrogens (primary N) is 1. The summed E-state index contributed by atoms with van der Waals surface area (Å²) in [6.07, 6.45) is 0.245. The Hall–Kier alpha value is -0.650. The Bertz CT molecular complexity index is 287. The minimum atomic E-state index is -0.776. The molecule has 0 bridgehead atoms. The van der Waals surface area contributed by atoms with E-state index in [1.807, 2.05) is 20.8 Å². The monoisotopic (exact) mass is 259 g/mol. The first-order valence-corrected chi connectivity index (χ1v) is 6.55. The minimum absolute atomic E-state index is 0.307. The number of aliphatic hydroxyl groups excluding tert-OH is 2. The van der Waals surface area contributed by atoms with Crippen LogP contribution in [0, 0.1) is 5.92 Å². The smallest absolute Gasteiger partial charge is 0.311 e. The molecule has 5 heteroatoms. The summed E-state index contributed by atoms with van der Waals surface area (Å²) in [6, 6.07) is -0.318. The van der Waals surface area contributed by atoms with Gasteiger partial charge in [0, 0.05) is 6.04 Å². The maximum atomic E-state index is 12.0. The maximum Gasteiger partial charge on any atom is 0.311 e. The van der Waals surface area contributed by atoms with Crippen LogP contribution in [0.2, 0.25) is 0 Å². The molecule has 0 saturated heterocycles. The highest BCUT2D eigenvalue weighted by Gasteiger charge is 2.33. The van der Waals surface area contributed by atoms with E-state index < -0.39 is 23.7 Å². The van der Waals surface area contributed by atoms with Crippen molar-refractivity contribution in [3.05, 3.63) is 0 Å². The van der Waals surface area contributed by atoms with E-state index >= 15 is 0 Å². The average Bonchev–Trinajstić information content (AvgIpc) is 2.21. The van der Waals surface area contributed by atoms with Crippen molar-refractivity contribution in [1.82, 2.24) is 0 Å². The van der Waals surface area contributed by atoms with Crippen LogP contribution in [0.15, 0.2) is 0 Å². The molecule has 1 fully saturated rings. The van der Waals surface area contributed by atoms with Crippen LogP contribution in [0.4, 0.5) is 0 Å². The molecule has 0 aliphatic heterocycles. The molecule has 0 radical (unpaired) electrons. The maximum absolute atomic E-state index is 12.0. The predicted molar refractivity (Wildman–Crippen MR) is 67.8 cm³/mol. The summed E-state index contributed by atoms with van der Waals surface area (Å²) in [6.45, 7) is 5.45. The van der Waals surface area contributed by atoms with E-state index in [4.69, 9.17) is 10.5 Å². The van der Waals surface area contributed by atoms with Crippen LogP contribution in [0.25, 0.3) is 0 Å². The Kier molecular flexibility index (Phi) is 5.13. The number of esters is 1. The first kappa shape index (κ1) is 15.4. The average molecular weight is 259 g/mol. The van der Waals surface area contributed by atoms with Crippen molar-refractivity contribution in [3.63, 3.8) is 0 Å². The summed E-state index contributed by atoms with van der Waals surface area (Å²) >= 11 is 0. The van der Waals surface area contributed by atoms with Gasteiger partial charge in [-0.1, -0.05) is 0 Å². The summed E-state index contributed by atoms with van der Waals surface area (Å²) in [5.41, 5.74) is 5.45. The van der Waals surface area contributed by atoms with Gasteiger partial charge < -0.3 is 20.7 Å². The topological polar surface area (TPSA) is 92.8 Å². The molecule has 1 rings (SSSR count). The normalized spacial score (nSPS) is 34.6. The fourth-order valence-corrected chi connectivity index (χ4v) is 2.18. The van der Waals surface area contributed by atoms with E-state index in [0.717, 1.165) is 0 Å². The third-order valence-electron chi connectivity index (χ3n) is 3.24. The van der Waals surface area contributed by atoms with Crippen molar-refractivity contribution in [3.8, 4) is 0 Å². The molecule has 0 aromatic rings. The van der Waals surface area contributed by atoms with Crippen LogP contribution in [0.5, 0.6) is 0 Å². The number of hydrogen-bond acceptors (Lipinski definition) is 5. The molecule has 106 valence electrons. The van der Waals surface area contributed by atoms with Crippen molar-refractivity contribution >= 4 is 5.97 Å². The van der Waals surface area contributed by atoms with Crippen LogP contribution >= 0.6 is 0 Å². The Morgan fingerprint density at radius 2 is 1.61 bits per heavy atom. The number of hydrogen-bond donors (Lipinski definition) is 3. The molecule has 4 atom stereocenters. The Labute approximate surface area is 108 Å². The summed E-state index contributed by atoms with van der Waals surface area (Å²) in [5.74, 6) is -0.704. The van der Waals surface area contributed by atoms with E-state index in [1.165, 1.54) is 0 Å². The number of ether oxygens (including phenoxy) is 1. The molecule has 5 nitrogen and oxygen atoms in total. The molecule has 0 amide bonds. The minimum Gasteiger partial charge on any atom is -0.460 e. The summed E-state index contributed by atoms with van der Waals surface area (Å²) in [4.78, 5) is 12.0. The van der Waals surface area contributed by atoms with Gasteiger partial charge in [-0.25, -0.2) is 0 Å². The molecule has 18 heavy (non-hydrogen) atoms. The Balaban J connectivity index is 2.65. The van der Waals surface area contributed by atoms with Crippen LogP contribution in [-0.4, -0.2) is 40.0 Å². The van der Waals surface area contributed by atoms with Gasteiger partial charge in [0.1, 0.15) is 5.60 Å². The molecular formula is C13H25NO4. The van der Waals surface area contributed by atoms with Gasteiger partial charge in [-0.3, -0.25) is 4.79 Å². The van der Waals surface area contributed by atoms with E-state index in [-0.39, 0.29) is 12.0 Å². The van der Waals surface area contributed by atoms with Gasteiger partial charge >= 0.3 is 5.97 Å². The molecule has 0 aromatic carbocycles. The lowest BCUT2D eigenvalue weighted by atomic mass is 9.85. The highest BCUT2D eigenvalue weighted by atomic mass is 16.6. The van der Waals surface area contributed by atoms with E-state index in [2.05, 4.69) is 0 Å². The lowest BCUT2D eigenvalue weighted by Crippen LogP contribution is -2.43. The highest BCUT2D eigenvalue weighted by Crippen LogP contribution is 2.25. The lowest BCUT2D eigenvalue weighted by Gasteiger charge is -2.31. The van der Waals surface area contributed by atoms with E-state index in [0.29, 0.717) is 25.7 Å². The molecule has 0 spiro atoms. The van der Waals surface area contributed by atoms with Gasteiger partial charge in [0.2, 0.25) is 0 Å². The van der Waals surface area contributed by atoms with Crippen LogP contribution in [0.1, 0.15) is 46.5 Å². The first-order chi connectivity index (χ1) is 8.20. The molecule has 4 unspecified atom stereocenters. The molecule has 1 aliphatic carbocycles. The fourth-order valence-electron chi connectivity index (χ4n) is 2.18. The van der Waals surface area contributed by atoms with Crippen molar-refractivity contribution in [2.24, 2.45) is 11.7 Å². The summed E-state index contributed by atoms with van der Waals surface area (Å²) in [5, 5.41) is 19.2. The molecular weight excluding hydrogens is 234 g/mol. The number of aliphatic hydroxyl groups is 2. The van der Waals surface area contributed by atoms with Gasteiger partial charge in [0.05, 0.1) is 18.1 Å². The second-order valence-corrected chi connectivity index (χ2v) is 6.09. The molecule has 0 aromatic heterocycles. The fraction of sp³-hybridized carbons (Fsp3) is 0.923. The van der Waals surface area contributed by atoms with Crippen molar-refractivity contribution in [2.45, 2.75) is 70.3 Å². The number of rotatable bonds is 1. The standard InChI is InChI=1S/C13H25NO4/c1-13(2,3)18-12(17)8-4-6-10(15)11(16)7-5-9(8)14/h8-11,15-16H,4-7,14H2,1-3H3. The van der Waals surface area contributed by atoms with Gasteiger partial charge in [-0.15, -0.1) is 0 Å². The Morgan fingerprint density at radius 3 is 2.11 bits per heavy atom. The lowest BCUT2D eigenvalue weighted by molar-refractivity contribution is -0.162. The SMILES string of the molecule is CC(C)(C)OC(=O)C1CCC(O)C(O)CCC1N. The highest BCUT2D eigenvalue weighted by molar-refractivity contribution is 5.73. The molecule has 4 N–H and O–H groups in total. The van der Waals surface area contributed by atoms with E-state index in [1.54, 1.807) is 0 Å². The van der Waals surface area contributed by atoms with Crippen LogP contribution < -0.4 is 5.73 Å². The van der Waals surface area contributed by atoms with E-state index in [9.17, 15) is 15.0 Å². The number of carbonyl (C=O) groups is 1. The van der Waals surface area contributed by atoms with Gasteiger partial charge in [0.15, 0.2) is 0 Å². The second-order valence-electron chi connectivity index (χ2n) is 6.09. The Morgan fingerprint density at radius 1 is 1.11 bits per heavy atom. The third-order valence-corrected chi connectivity index (χ3v) is 3.24. The van der Waals surface area contributed by atoms with Crippen LogP contribution in [-0.2, 0) is 9.53 Å². The van der Waals surface area contributed by atoms with Crippen LogP contribution in [0.3, 0.4) is 0 Å². The second kappa shape index (κ2) is 5.99. The molecule has 1 aliphatic rings. The largest absolute Gasteiger partial charge is 0.460 e. The summed E-state index contributed by atoms with van der Waals surface area (Å²) in [7, 11) is 0. The quantitative estimate of drug-likeness (QED) is 0.599. The first-order valence-electron chi connectivity index (χ1n) is 6.55. The predicted octanol–water partition coefficient (Wildman–Crippen LogP) is 0.567. The number of carbonyl (C=O) groups excluding carboxylic acids is 1. The zero-order valence-corrected chi connectivity index (χ0v) is 11.4. The third kappa shape index (κ3) is 4.55. The summed E-state index contributed by atoms with van der Waals surface area (Å²) < 4.78 is 5.34. The van der Waals surface area contributed by atoms with Crippen molar-refractivity contribution in [1.29, 1.82) is 0 Å². The molecule has 0 heterocycles. The zero-order valence-electron chi connectivity index (χ0n) is 11.4.